The average molecular weight is 266 g/mol. The largest absolute Gasteiger partial charge is 0.380 e. The predicted octanol–water partition coefficient (Wildman–Crippen LogP) is 1.01. The predicted molar refractivity (Wildman–Crippen MR) is 70.7 cm³/mol. The van der Waals surface area contributed by atoms with Crippen molar-refractivity contribution < 1.29 is 9.53 Å². The number of carbonyl (C=O) groups excluding carboxylic acids is 1. The van der Waals surface area contributed by atoms with Crippen molar-refractivity contribution in [3.05, 3.63) is 21.9 Å². The van der Waals surface area contributed by atoms with Gasteiger partial charge in [-0.1, -0.05) is 0 Å². The number of nitrogens with zero attached hydrogens (tertiary/aromatic N) is 1. The molecule has 2 aliphatic heterocycles. The van der Waals surface area contributed by atoms with Gasteiger partial charge >= 0.3 is 0 Å². The molecular formula is C13H18N2O2S. The highest BCUT2D eigenvalue weighted by molar-refractivity contribution is 7.10. The fourth-order valence-electron chi connectivity index (χ4n) is 2.50. The summed E-state index contributed by atoms with van der Waals surface area (Å²) in [4.78, 5) is 15.5. The highest BCUT2D eigenvalue weighted by atomic mass is 32.1. The van der Waals surface area contributed by atoms with E-state index in [-0.39, 0.29) is 5.91 Å². The zero-order chi connectivity index (χ0) is 12.4. The van der Waals surface area contributed by atoms with Crippen molar-refractivity contribution in [2.45, 2.75) is 25.4 Å². The minimum Gasteiger partial charge on any atom is -0.380 e. The number of amides is 1. The zero-order valence-electron chi connectivity index (χ0n) is 10.4. The lowest BCUT2D eigenvalue weighted by Gasteiger charge is -2.27. The van der Waals surface area contributed by atoms with Gasteiger partial charge in [0, 0.05) is 30.6 Å². The van der Waals surface area contributed by atoms with Gasteiger partial charge in [-0.15, -0.1) is 11.3 Å². The van der Waals surface area contributed by atoms with E-state index < -0.39 is 0 Å². The standard InChI is InChI=1S/C13H18N2O2S/c16-13(7-14-11-2-5-17-9-11)15-4-1-12-10(8-15)3-6-18-12/h3,6,11,14H,1-2,4-5,7-9H2. The third kappa shape index (κ3) is 2.58. The lowest BCUT2D eigenvalue weighted by atomic mass is 10.1. The van der Waals surface area contributed by atoms with E-state index in [4.69, 9.17) is 4.74 Å². The lowest BCUT2D eigenvalue weighted by molar-refractivity contribution is -0.131. The number of thiophene rings is 1. The Labute approximate surface area is 111 Å². The van der Waals surface area contributed by atoms with Gasteiger partial charge in [0.05, 0.1) is 13.2 Å². The second-order valence-electron chi connectivity index (χ2n) is 4.88. The van der Waals surface area contributed by atoms with Crippen molar-refractivity contribution in [3.8, 4) is 0 Å². The average Bonchev–Trinajstić information content (AvgIpc) is 3.05. The summed E-state index contributed by atoms with van der Waals surface area (Å²) in [6, 6.07) is 2.49. The number of rotatable bonds is 3. The molecule has 1 N–H and O–H groups in total. The Bertz CT molecular complexity index is 426. The Hall–Kier alpha value is -0.910. The third-order valence-electron chi connectivity index (χ3n) is 3.63. The van der Waals surface area contributed by atoms with Crippen LogP contribution in [-0.2, 0) is 22.5 Å². The lowest BCUT2D eigenvalue weighted by Crippen LogP contribution is -2.43. The summed E-state index contributed by atoms with van der Waals surface area (Å²) in [5, 5.41) is 5.40. The van der Waals surface area contributed by atoms with Crippen LogP contribution in [0.1, 0.15) is 16.9 Å². The van der Waals surface area contributed by atoms with Crippen LogP contribution in [0.15, 0.2) is 11.4 Å². The van der Waals surface area contributed by atoms with Gasteiger partial charge in [-0.3, -0.25) is 4.79 Å². The minimum atomic E-state index is 0.207. The Balaban J connectivity index is 1.51. The molecule has 1 fully saturated rings. The minimum absolute atomic E-state index is 0.207. The molecular weight excluding hydrogens is 248 g/mol. The van der Waals surface area contributed by atoms with Gasteiger partial charge in [0.15, 0.2) is 0 Å². The summed E-state index contributed by atoms with van der Waals surface area (Å²) in [5.41, 5.74) is 1.32. The van der Waals surface area contributed by atoms with Crippen LogP contribution < -0.4 is 5.32 Å². The number of nitrogens with one attached hydrogen (secondary N) is 1. The van der Waals surface area contributed by atoms with E-state index in [2.05, 4.69) is 16.8 Å². The second kappa shape index (κ2) is 5.38. The van der Waals surface area contributed by atoms with Crippen LogP contribution in [0.2, 0.25) is 0 Å². The van der Waals surface area contributed by atoms with E-state index in [9.17, 15) is 4.79 Å². The van der Waals surface area contributed by atoms with Gasteiger partial charge in [0.2, 0.25) is 5.91 Å². The first-order chi connectivity index (χ1) is 8.83. The van der Waals surface area contributed by atoms with E-state index in [1.165, 1.54) is 10.4 Å². The molecule has 98 valence electrons. The first kappa shape index (κ1) is 12.1. The summed E-state index contributed by atoms with van der Waals surface area (Å²) in [6.07, 6.45) is 2.02. The molecule has 1 amide bonds. The van der Waals surface area contributed by atoms with Crippen molar-refractivity contribution in [2.24, 2.45) is 0 Å². The maximum Gasteiger partial charge on any atom is 0.236 e. The van der Waals surface area contributed by atoms with Gasteiger partial charge < -0.3 is 15.0 Å². The van der Waals surface area contributed by atoms with E-state index in [0.29, 0.717) is 12.6 Å². The third-order valence-corrected chi connectivity index (χ3v) is 4.66. The summed E-state index contributed by atoms with van der Waals surface area (Å²) < 4.78 is 5.28. The summed E-state index contributed by atoms with van der Waals surface area (Å²) >= 11 is 1.80. The molecule has 4 nitrogen and oxygen atoms in total. The van der Waals surface area contributed by atoms with Crippen LogP contribution >= 0.6 is 11.3 Å². The molecule has 1 atom stereocenters. The molecule has 1 unspecified atom stereocenters. The zero-order valence-corrected chi connectivity index (χ0v) is 11.2. The van der Waals surface area contributed by atoms with Crippen LogP contribution in [-0.4, -0.2) is 43.2 Å². The smallest absolute Gasteiger partial charge is 0.236 e. The van der Waals surface area contributed by atoms with E-state index in [1.54, 1.807) is 11.3 Å². The Kier molecular flexibility index (Phi) is 3.63. The Morgan fingerprint density at radius 3 is 3.39 bits per heavy atom. The number of hydrogen-bond acceptors (Lipinski definition) is 4. The maximum atomic E-state index is 12.1. The number of fused-ring (bicyclic) bond motifs is 1. The molecule has 0 aliphatic carbocycles. The number of ether oxygens (including phenoxy) is 1. The van der Waals surface area contributed by atoms with Crippen LogP contribution in [0.5, 0.6) is 0 Å². The molecule has 5 heteroatoms. The first-order valence-electron chi connectivity index (χ1n) is 6.47. The molecule has 1 aromatic heterocycles. The molecule has 1 aromatic rings. The number of hydrogen-bond donors (Lipinski definition) is 1. The molecule has 3 heterocycles. The maximum absolute atomic E-state index is 12.1. The van der Waals surface area contributed by atoms with E-state index in [0.717, 1.165) is 39.1 Å². The summed E-state index contributed by atoms with van der Waals surface area (Å²) in [7, 11) is 0. The second-order valence-corrected chi connectivity index (χ2v) is 5.88. The Morgan fingerprint density at radius 1 is 1.61 bits per heavy atom. The van der Waals surface area contributed by atoms with Gasteiger partial charge in [-0.2, -0.15) is 0 Å². The van der Waals surface area contributed by atoms with Crippen molar-refractivity contribution in [2.75, 3.05) is 26.3 Å². The van der Waals surface area contributed by atoms with Gasteiger partial charge in [-0.25, -0.2) is 0 Å². The fraction of sp³-hybridized carbons (Fsp3) is 0.615. The molecule has 0 radical (unpaired) electrons. The fourth-order valence-corrected chi connectivity index (χ4v) is 3.39. The topological polar surface area (TPSA) is 41.6 Å². The van der Waals surface area contributed by atoms with Gasteiger partial charge in [0.25, 0.3) is 0 Å². The van der Waals surface area contributed by atoms with Crippen LogP contribution in [0.4, 0.5) is 0 Å². The molecule has 3 rings (SSSR count). The van der Waals surface area contributed by atoms with Crippen molar-refractivity contribution in [1.29, 1.82) is 0 Å². The van der Waals surface area contributed by atoms with Gasteiger partial charge in [0.1, 0.15) is 0 Å². The molecule has 0 bridgehead atoms. The van der Waals surface area contributed by atoms with E-state index >= 15 is 0 Å². The normalized spacial score (nSPS) is 23.1. The molecule has 2 aliphatic rings. The molecule has 0 spiro atoms. The summed E-state index contributed by atoms with van der Waals surface area (Å²) in [6.45, 7) is 3.62. The SMILES string of the molecule is O=C(CNC1CCOC1)N1CCc2sccc2C1. The quantitative estimate of drug-likeness (QED) is 0.888. The van der Waals surface area contributed by atoms with E-state index in [1.807, 2.05) is 4.90 Å². The number of carbonyl (C=O) groups is 1. The van der Waals surface area contributed by atoms with Gasteiger partial charge in [-0.05, 0) is 29.9 Å². The highest BCUT2D eigenvalue weighted by Gasteiger charge is 2.22. The molecule has 18 heavy (non-hydrogen) atoms. The van der Waals surface area contributed by atoms with Crippen LogP contribution in [0.3, 0.4) is 0 Å². The van der Waals surface area contributed by atoms with Crippen molar-refractivity contribution in [3.63, 3.8) is 0 Å². The highest BCUT2D eigenvalue weighted by Crippen LogP contribution is 2.23. The first-order valence-corrected chi connectivity index (χ1v) is 7.35. The summed E-state index contributed by atoms with van der Waals surface area (Å²) in [5.74, 6) is 0.207. The molecule has 0 aromatic carbocycles. The van der Waals surface area contributed by atoms with Crippen LogP contribution in [0.25, 0.3) is 0 Å². The monoisotopic (exact) mass is 266 g/mol. The Morgan fingerprint density at radius 2 is 2.56 bits per heavy atom. The van der Waals surface area contributed by atoms with Crippen molar-refractivity contribution in [1.82, 2.24) is 10.2 Å². The van der Waals surface area contributed by atoms with Crippen molar-refractivity contribution >= 4 is 17.2 Å². The molecule has 0 saturated carbocycles. The van der Waals surface area contributed by atoms with Crippen LogP contribution in [0, 0.1) is 0 Å². The molecule has 1 saturated heterocycles.